The van der Waals surface area contributed by atoms with Gasteiger partial charge in [-0.15, -0.1) is 0 Å². The Labute approximate surface area is 111 Å². The highest BCUT2D eigenvalue weighted by Gasteiger charge is 2.28. The first-order chi connectivity index (χ1) is 8.68. The van der Waals surface area contributed by atoms with Crippen LogP contribution in [0.25, 0.3) is 0 Å². The molecule has 0 aromatic heterocycles. The number of hydrogen-bond acceptors (Lipinski definition) is 3. The summed E-state index contributed by atoms with van der Waals surface area (Å²) in [6, 6.07) is 9.93. The average Bonchev–Trinajstić information content (AvgIpc) is 2.42. The Morgan fingerprint density at radius 2 is 1.78 bits per heavy atom. The van der Waals surface area contributed by atoms with Gasteiger partial charge in [-0.25, -0.2) is 0 Å². The molecule has 0 bridgehead atoms. The molecule has 102 valence electrons. The fraction of sp³-hybridized carbons (Fsp3) is 0.600. The van der Waals surface area contributed by atoms with Crippen LogP contribution >= 0.6 is 0 Å². The third-order valence-corrected chi connectivity index (χ3v) is 3.94. The molecule has 0 saturated heterocycles. The lowest BCUT2D eigenvalue weighted by Gasteiger charge is -2.40. The van der Waals surface area contributed by atoms with E-state index in [1.807, 2.05) is 30.3 Å². The molecular formula is C15H26N2O. The van der Waals surface area contributed by atoms with Gasteiger partial charge in [-0.3, -0.25) is 4.90 Å². The lowest BCUT2D eigenvalue weighted by Crippen LogP contribution is -2.52. The number of likely N-dealkylation sites (N-methyl/N-ethyl adjacent to an activating group) is 1. The largest absolute Gasteiger partial charge is 0.492 e. The maximum absolute atomic E-state index is 5.93. The molecule has 0 unspecified atom stereocenters. The van der Waals surface area contributed by atoms with E-state index in [1.165, 1.54) is 0 Å². The van der Waals surface area contributed by atoms with E-state index in [4.69, 9.17) is 10.5 Å². The number of ether oxygens (including phenoxy) is 1. The zero-order chi connectivity index (χ0) is 13.4. The Morgan fingerprint density at radius 3 is 2.28 bits per heavy atom. The van der Waals surface area contributed by atoms with Crippen LogP contribution in [0.5, 0.6) is 5.75 Å². The molecule has 0 radical (unpaired) electrons. The molecule has 0 fully saturated rings. The predicted molar refractivity (Wildman–Crippen MR) is 76.9 cm³/mol. The Morgan fingerprint density at radius 1 is 1.17 bits per heavy atom. The molecule has 0 saturated carbocycles. The van der Waals surface area contributed by atoms with Gasteiger partial charge in [0, 0.05) is 18.6 Å². The van der Waals surface area contributed by atoms with Crippen LogP contribution in [0.4, 0.5) is 0 Å². The van der Waals surface area contributed by atoms with E-state index in [0.29, 0.717) is 13.2 Å². The molecule has 3 nitrogen and oxygen atoms in total. The summed E-state index contributed by atoms with van der Waals surface area (Å²) in [5.41, 5.74) is 6.04. The first-order valence-electron chi connectivity index (χ1n) is 6.77. The minimum Gasteiger partial charge on any atom is -0.492 e. The lowest BCUT2D eigenvalue weighted by molar-refractivity contribution is 0.0968. The van der Waals surface area contributed by atoms with Crippen LogP contribution < -0.4 is 10.5 Å². The standard InChI is InChI=1S/C15H26N2O/c1-4-15(5-2,13-16)17(3)11-12-18-14-9-7-6-8-10-14/h6-10H,4-5,11-13,16H2,1-3H3. The summed E-state index contributed by atoms with van der Waals surface area (Å²) in [5.74, 6) is 0.928. The number of nitrogens with zero attached hydrogens (tertiary/aromatic N) is 1. The molecule has 0 heterocycles. The molecule has 1 rings (SSSR count). The van der Waals surface area contributed by atoms with E-state index < -0.39 is 0 Å². The summed E-state index contributed by atoms with van der Waals surface area (Å²) >= 11 is 0. The first kappa shape index (κ1) is 15.0. The normalized spacial score (nSPS) is 11.8. The first-order valence-corrected chi connectivity index (χ1v) is 6.77. The molecule has 0 atom stereocenters. The molecule has 3 heteroatoms. The van der Waals surface area contributed by atoms with Crippen molar-refractivity contribution in [3.05, 3.63) is 30.3 Å². The monoisotopic (exact) mass is 250 g/mol. The molecule has 1 aromatic rings. The van der Waals surface area contributed by atoms with Crippen molar-refractivity contribution in [3.8, 4) is 5.75 Å². The summed E-state index contributed by atoms with van der Waals surface area (Å²) in [7, 11) is 2.13. The maximum Gasteiger partial charge on any atom is 0.119 e. The van der Waals surface area contributed by atoms with E-state index in [0.717, 1.165) is 25.1 Å². The van der Waals surface area contributed by atoms with E-state index in [-0.39, 0.29) is 5.54 Å². The van der Waals surface area contributed by atoms with Crippen LogP contribution in [0, 0.1) is 0 Å². The van der Waals surface area contributed by atoms with Crippen molar-refractivity contribution in [3.63, 3.8) is 0 Å². The molecule has 1 aromatic carbocycles. The summed E-state index contributed by atoms with van der Waals surface area (Å²) < 4.78 is 5.72. The topological polar surface area (TPSA) is 38.5 Å². The smallest absolute Gasteiger partial charge is 0.119 e. The second-order valence-electron chi connectivity index (χ2n) is 4.72. The van der Waals surface area contributed by atoms with Crippen LogP contribution in [0.15, 0.2) is 30.3 Å². The molecule has 0 aliphatic carbocycles. The molecule has 0 amide bonds. The molecule has 2 N–H and O–H groups in total. The van der Waals surface area contributed by atoms with Gasteiger partial charge in [0.1, 0.15) is 12.4 Å². The highest BCUT2D eigenvalue weighted by molar-refractivity contribution is 5.20. The Balaban J connectivity index is 2.43. The fourth-order valence-corrected chi connectivity index (χ4v) is 2.29. The third-order valence-electron chi connectivity index (χ3n) is 3.94. The molecular weight excluding hydrogens is 224 g/mol. The Hall–Kier alpha value is -1.06. The Bertz CT molecular complexity index is 314. The van der Waals surface area contributed by atoms with Crippen molar-refractivity contribution in [1.29, 1.82) is 0 Å². The minimum atomic E-state index is 0.111. The van der Waals surface area contributed by atoms with Crippen molar-refractivity contribution in [2.45, 2.75) is 32.2 Å². The second-order valence-corrected chi connectivity index (χ2v) is 4.72. The second kappa shape index (κ2) is 7.39. The average molecular weight is 250 g/mol. The van der Waals surface area contributed by atoms with Gasteiger partial charge >= 0.3 is 0 Å². The van der Waals surface area contributed by atoms with Gasteiger partial charge in [-0.05, 0) is 32.0 Å². The van der Waals surface area contributed by atoms with Crippen LogP contribution in [-0.4, -0.2) is 37.2 Å². The maximum atomic E-state index is 5.93. The van der Waals surface area contributed by atoms with E-state index in [1.54, 1.807) is 0 Å². The number of nitrogens with two attached hydrogens (primary N) is 1. The van der Waals surface area contributed by atoms with Crippen molar-refractivity contribution >= 4 is 0 Å². The lowest BCUT2D eigenvalue weighted by atomic mass is 9.91. The minimum absolute atomic E-state index is 0.111. The molecule has 0 spiro atoms. The predicted octanol–water partition coefficient (Wildman–Crippen LogP) is 2.51. The van der Waals surface area contributed by atoms with E-state index in [2.05, 4.69) is 25.8 Å². The van der Waals surface area contributed by atoms with Crippen LogP contribution in [0.3, 0.4) is 0 Å². The van der Waals surface area contributed by atoms with Crippen LogP contribution in [-0.2, 0) is 0 Å². The van der Waals surface area contributed by atoms with Gasteiger partial charge in [0.25, 0.3) is 0 Å². The fourth-order valence-electron chi connectivity index (χ4n) is 2.29. The number of hydrogen-bond donors (Lipinski definition) is 1. The van der Waals surface area contributed by atoms with Gasteiger partial charge in [0.2, 0.25) is 0 Å². The molecule has 0 aliphatic rings. The van der Waals surface area contributed by atoms with Gasteiger partial charge in [-0.2, -0.15) is 0 Å². The van der Waals surface area contributed by atoms with Crippen molar-refractivity contribution in [2.75, 3.05) is 26.7 Å². The summed E-state index contributed by atoms with van der Waals surface area (Å²) in [6.07, 6.45) is 2.14. The zero-order valence-electron chi connectivity index (χ0n) is 11.9. The number of rotatable bonds is 8. The van der Waals surface area contributed by atoms with E-state index >= 15 is 0 Å². The highest BCUT2D eigenvalue weighted by Crippen LogP contribution is 2.21. The summed E-state index contributed by atoms with van der Waals surface area (Å²) in [6.45, 7) is 6.69. The number of para-hydroxylation sites is 1. The van der Waals surface area contributed by atoms with Gasteiger partial charge < -0.3 is 10.5 Å². The van der Waals surface area contributed by atoms with Crippen molar-refractivity contribution in [1.82, 2.24) is 4.90 Å². The van der Waals surface area contributed by atoms with Gasteiger partial charge in [0.15, 0.2) is 0 Å². The van der Waals surface area contributed by atoms with Crippen LogP contribution in [0.2, 0.25) is 0 Å². The molecule has 0 aliphatic heterocycles. The summed E-state index contributed by atoms with van der Waals surface area (Å²) in [5, 5.41) is 0. The molecule has 18 heavy (non-hydrogen) atoms. The van der Waals surface area contributed by atoms with E-state index in [9.17, 15) is 0 Å². The van der Waals surface area contributed by atoms with Crippen molar-refractivity contribution in [2.24, 2.45) is 5.73 Å². The SMILES string of the molecule is CCC(CC)(CN)N(C)CCOc1ccccc1. The van der Waals surface area contributed by atoms with Crippen LogP contribution in [0.1, 0.15) is 26.7 Å². The summed E-state index contributed by atoms with van der Waals surface area (Å²) in [4.78, 5) is 2.33. The van der Waals surface area contributed by atoms with Crippen molar-refractivity contribution < 1.29 is 4.74 Å². The van der Waals surface area contributed by atoms with Gasteiger partial charge in [0.05, 0.1) is 0 Å². The Kier molecular flexibility index (Phi) is 6.16. The highest BCUT2D eigenvalue weighted by atomic mass is 16.5. The zero-order valence-corrected chi connectivity index (χ0v) is 11.9. The quantitative estimate of drug-likeness (QED) is 0.770. The third kappa shape index (κ3) is 3.72. The van der Waals surface area contributed by atoms with Gasteiger partial charge in [-0.1, -0.05) is 32.0 Å². The number of benzene rings is 1.